The molecular weight excluding hydrogens is 246 g/mol. The highest BCUT2D eigenvalue weighted by Gasteiger charge is 2.29. The summed E-state index contributed by atoms with van der Waals surface area (Å²) in [5.74, 6) is -0.166. The first kappa shape index (κ1) is 11.5. The Morgan fingerprint density at radius 3 is 2.53 bits per heavy atom. The minimum Gasteiger partial charge on any atom is -0.285 e. The average molecular weight is 257 g/mol. The monoisotopic (exact) mass is 257 g/mol. The van der Waals surface area contributed by atoms with Crippen LogP contribution in [0.25, 0.3) is 10.8 Å². The number of hydrogen-bond acceptors (Lipinski definition) is 4. The summed E-state index contributed by atoms with van der Waals surface area (Å²) < 4.78 is 0. The lowest BCUT2D eigenvalue weighted by atomic mass is 9.99. The highest BCUT2D eigenvalue weighted by molar-refractivity contribution is 6.16. The second-order valence-corrected chi connectivity index (χ2v) is 4.44. The van der Waals surface area contributed by atoms with Gasteiger partial charge in [0, 0.05) is 25.5 Å². The molecule has 0 aromatic heterocycles. The Balaban J connectivity index is 2.47. The molecule has 1 aliphatic rings. The number of nitro groups is 1. The Kier molecular flexibility index (Phi) is 2.22. The SMILES string of the molecule is CN1C(=O)c2cccc3c([N+](=O)[O-])ccc(c23)N1C. The van der Waals surface area contributed by atoms with Crippen LogP contribution in [0.3, 0.4) is 0 Å². The van der Waals surface area contributed by atoms with Crippen LogP contribution in [-0.2, 0) is 0 Å². The summed E-state index contributed by atoms with van der Waals surface area (Å²) in [6.45, 7) is 0. The van der Waals surface area contributed by atoms with Gasteiger partial charge in [0.05, 0.1) is 21.6 Å². The quantitative estimate of drug-likeness (QED) is 0.580. The van der Waals surface area contributed by atoms with Crippen molar-refractivity contribution in [3.63, 3.8) is 0 Å². The van der Waals surface area contributed by atoms with Gasteiger partial charge in [0.1, 0.15) is 0 Å². The van der Waals surface area contributed by atoms with Crippen molar-refractivity contribution in [1.29, 1.82) is 0 Å². The predicted molar refractivity (Wildman–Crippen MR) is 71.1 cm³/mol. The van der Waals surface area contributed by atoms with Gasteiger partial charge in [-0.1, -0.05) is 6.07 Å². The van der Waals surface area contributed by atoms with E-state index in [4.69, 9.17) is 0 Å². The van der Waals surface area contributed by atoms with Gasteiger partial charge in [0.15, 0.2) is 0 Å². The first-order valence-corrected chi connectivity index (χ1v) is 5.74. The van der Waals surface area contributed by atoms with Gasteiger partial charge < -0.3 is 0 Å². The first-order valence-electron chi connectivity index (χ1n) is 5.74. The molecule has 1 heterocycles. The maximum atomic E-state index is 12.2. The fourth-order valence-electron chi connectivity index (χ4n) is 2.45. The van der Waals surface area contributed by atoms with E-state index in [0.717, 1.165) is 5.69 Å². The van der Waals surface area contributed by atoms with Crippen molar-refractivity contribution in [3.05, 3.63) is 46.0 Å². The number of hydrogen-bond donors (Lipinski definition) is 0. The van der Waals surface area contributed by atoms with E-state index >= 15 is 0 Å². The van der Waals surface area contributed by atoms with Crippen molar-refractivity contribution < 1.29 is 9.72 Å². The molecule has 19 heavy (non-hydrogen) atoms. The Morgan fingerprint density at radius 1 is 1.11 bits per heavy atom. The van der Waals surface area contributed by atoms with E-state index in [1.54, 1.807) is 43.4 Å². The van der Waals surface area contributed by atoms with Crippen LogP contribution >= 0.6 is 0 Å². The van der Waals surface area contributed by atoms with E-state index in [1.807, 2.05) is 0 Å². The number of amides is 1. The Bertz CT molecular complexity index is 726. The van der Waals surface area contributed by atoms with Crippen LogP contribution in [0.5, 0.6) is 0 Å². The lowest BCUT2D eigenvalue weighted by Gasteiger charge is -2.35. The molecule has 6 nitrogen and oxygen atoms in total. The van der Waals surface area contributed by atoms with Crippen molar-refractivity contribution in [3.8, 4) is 0 Å². The molecular formula is C13H11N3O3. The van der Waals surface area contributed by atoms with Crippen LogP contribution in [0.2, 0.25) is 0 Å². The molecule has 0 radical (unpaired) electrons. The number of carbonyl (C=O) groups is 1. The molecule has 2 aromatic rings. The predicted octanol–water partition coefficient (Wildman–Crippen LogP) is 2.18. The van der Waals surface area contributed by atoms with Crippen molar-refractivity contribution in [2.75, 3.05) is 19.1 Å². The molecule has 0 saturated carbocycles. The fraction of sp³-hybridized carbons (Fsp3) is 0.154. The molecule has 0 spiro atoms. The molecule has 0 N–H and O–H groups in total. The van der Waals surface area contributed by atoms with E-state index in [2.05, 4.69) is 0 Å². The number of benzene rings is 2. The lowest BCUT2D eigenvalue weighted by molar-refractivity contribution is -0.383. The molecule has 0 unspecified atom stereocenters. The van der Waals surface area contributed by atoms with Gasteiger partial charge in [-0.05, 0) is 18.2 Å². The van der Waals surface area contributed by atoms with E-state index in [0.29, 0.717) is 16.3 Å². The van der Waals surface area contributed by atoms with Crippen molar-refractivity contribution >= 4 is 28.1 Å². The second kappa shape index (κ2) is 3.68. The fourth-order valence-corrected chi connectivity index (χ4v) is 2.45. The normalized spacial score (nSPS) is 14.1. The van der Waals surface area contributed by atoms with Crippen molar-refractivity contribution in [2.45, 2.75) is 0 Å². The van der Waals surface area contributed by atoms with Crippen LogP contribution < -0.4 is 5.01 Å². The molecule has 3 rings (SSSR count). The van der Waals surface area contributed by atoms with Gasteiger partial charge in [-0.15, -0.1) is 0 Å². The van der Waals surface area contributed by atoms with Gasteiger partial charge in [-0.25, -0.2) is 0 Å². The van der Waals surface area contributed by atoms with Crippen LogP contribution in [0.15, 0.2) is 30.3 Å². The summed E-state index contributed by atoms with van der Waals surface area (Å²) in [5, 5.41) is 15.4. The number of anilines is 1. The molecule has 1 aliphatic heterocycles. The van der Waals surface area contributed by atoms with Gasteiger partial charge in [0.2, 0.25) is 0 Å². The van der Waals surface area contributed by atoms with Crippen molar-refractivity contribution in [1.82, 2.24) is 5.01 Å². The van der Waals surface area contributed by atoms with Crippen LogP contribution in [-0.4, -0.2) is 29.9 Å². The Hall–Kier alpha value is -2.63. The molecule has 0 fully saturated rings. The van der Waals surface area contributed by atoms with Gasteiger partial charge in [-0.3, -0.25) is 24.9 Å². The topological polar surface area (TPSA) is 66.7 Å². The first-order chi connectivity index (χ1) is 9.02. The molecule has 1 amide bonds. The van der Waals surface area contributed by atoms with E-state index in [-0.39, 0.29) is 11.6 Å². The Morgan fingerprint density at radius 2 is 1.84 bits per heavy atom. The number of nitrogens with zero attached hydrogens (tertiary/aromatic N) is 3. The largest absolute Gasteiger partial charge is 0.285 e. The van der Waals surface area contributed by atoms with E-state index < -0.39 is 4.92 Å². The van der Waals surface area contributed by atoms with Gasteiger partial charge in [0.25, 0.3) is 11.6 Å². The zero-order valence-corrected chi connectivity index (χ0v) is 10.5. The molecule has 2 aromatic carbocycles. The summed E-state index contributed by atoms with van der Waals surface area (Å²) in [4.78, 5) is 22.9. The van der Waals surface area contributed by atoms with Crippen LogP contribution in [0.1, 0.15) is 10.4 Å². The highest BCUT2D eigenvalue weighted by atomic mass is 16.6. The van der Waals surface area contributed by atoms with Gasteiger partial charge >= 0.3 is 0 Å². The Labute approximate surface area is 109 Å². The summed E-state index contributed by atoms with van der Waals surface area (Å²) in [6, 6.07) is 8.19. The summed E-state index contributed by atoms with van der Waals surface area (Å²) in [6.07, 6.45) is 0. The lowest BCUT2D eigenvalue weighted by Crippen LogP contribution is -2.44. The third-order valence-corrected chi connectivity index (χ3v) is 3.52. The smallest absolute Gasteiger partial charge is 0.277 e. The standard InChI is InChI=1S/C13H11N3O3/c1-14-11-7-6-10(16(18)19)8-4-3-5-9(12(8)11)13(17)15(14)2/h3-7H,1-2H3. The second-order valence-electron chi connectivity index (χ2n) is 4.44. The average Bonchev–Trinajstić information content (AvgIpc) is 2.41. The molecule has 0 aliphatic carbocycles. The highest BCUT2D eigenvalue weighted by Crippen LogP contribution is 2.38. The molecule has 0 atom stereocenters. The number of nitro benzene ring substituents is 1. The van der Waals surface area contributed by atoms with E-state index in [9.17, 15) is 14.9 Å². The minimum atomic E-state index is -0.425. The third kappa shape index (κ3) is 1.40. The third-order valence-electron chi connectivity index (χ3n) is 3.52. The molecule has 96 valence electrons. The van der Waals surface area contributed by atoms with Gasteiger partial charge in [-0.2, -0.15) is 0 Å². The van der Waals surface area contributed by atoms with Crippen LogP contribution in [0, 0.1) is 10.1 Å². The number of non-ortho nitro benzene ring substituents is 1. The zero-order chi connectivity index (χ0) is 13.7. The number of carbonyl (C=O) groups excluding carboxylic acids is 1. The summed E-state index contributed by atoms with van der Waals surface area (Å²) in [5.41, 5.74) is 1.31. The van der Waals surface area contributed by atoms with Crippen LogP contribution in [0.4, 0.5) is 11.4 Å². The zero-order valence-electron chi connectivity index (χ0n) is 10.5. The van der Waals surface area contributed by atoms with Crippen molar-refractivity contribution in [2.24, 2.45) is 0 Å². The summed E-state index contributed by atoms with van der Waals surface area (Å²) in [7, 11) is 3.43. The number of hydrazine groups is 1. The number of rotatable bonds is 1. The minimum absolute atomic E-state index is 0.0198. The van der Waals surface area contributed by atoms with E-state index in [1.165, 1.54) is 11.1 Å². The molecule has 0 bridgehead atoms. The maximum Gasteiger partial charge on any atom is 0.277 e. The maximum absolute atomic E-state index is 12.2. The molecule has 0 saturated heterocycles. The molecule has 6 heteroatoms. The summed E-state index contributed by atoms with van der Waals surface area (Å²) >= 11 is 0.